The summed E-state index contributed by atoms with van der Waals surface area (Å²) in [6.45, 7) is 4.43. The monoisotopic (exact) mass is 318 g/mol. The maximum atomic E-state index is 11.8. The number of amides is 2. The molecule has 2 N–H and O–H groups in total. The largest absolute Gasteiger partial charge is 0.497 e. The van der Waals surface area contributed by atoms with Gasteiger partial charge in [-0.2, -0.15) is 0 Å². The molecule has 1 rings (SSSR count). The Balaban J connectivity index is 2.39. The van der Waals surface area contributed by atoms with Crippen LogP contribution in [0, 0.1) is 0 Å². The van der Waals surface area contributed by atoms with Crippen molar-refractivity contribution in [1.82, 2.24) is 10.6 Å². The molecule has 126 valence electrons. The zero-order valence-corrected chi connectivity index (χ0v) is 14.1. The smallest absolute Gasteiger partial charge is 0.244 e. The van der Waals surface area contributed by atoms with Crippen molar-refractivity contribution < 1.29 is 14.3 Å². The Bertz CT molecular complexity index is 524. The van der Waals surface area contributed by atoms with E-state index in [1.165, 1.54) is 6.08 Å². The Hall–Kier alpha value is -2.30. The van der Waals surface area contributed by atoms with Crippen LogP contribution in [0.15, 0.2) is 30.3 Å². The molecule has 0 spiro atoms. The maximum absolute atomic E-state index is 11.8. The zero-order chi connectivity index (χ0) is 17.1. The molecular weight excluding hydrogens is 292 g/mol. The predicted octanol–water partition coefficient (Wildman–Crippen LogP) is 2.52. The van der Waals surface area contributed by atoms with Gasteiger partial charge in [-0.25, -0.2) is 0 Å². The second-order valence-electron chi connectivity index (χ2n) is 5.33. The molecule has 0 aliphatic rings. The second-order valence-corrected chi connectivity index (χ2v) is 5.33. The predicted molar refractivity (Wildman–Crippen MR) is 92.2 cm³/mol. The van der Waals surface area contributed by atoms with E-state index in [1.54, 1.807) is 20.1 Å². The van der Waals surface area contributed by atoms with Crippen molar-refractivity contribution in [3.63, 3.8) is 0 Å². The summed E-state index contributed by atoms with van der Waals surface area (Å²) in [5, 5.41) is 5.47. The van der Waals surface area contributed by atoms with Crippen LogP contribution in [0.2, 0.25) is 0 Å². The van der Waals surface area contributed by atoms with E-state index in [9.17, 15) is 9.59 Å². The van der Waals surface area contributed by atoms with Gasteiger partial charge < -0.3 is 15.4 Å². The SMILES string of the molecule is CCCCCNC(=O)C(C)NC(=O)/C=C/c1ccc(OC)cc1. The van der Waals surface area contributed by atoms with Gasteiger partial charge in [0, 0.05) is 12.6 Å². The lowest BCUT2D eigenvalue weighted by Gasteiger charge is -2.12. The van der Waals surface area contributed by atoms with Crippen molar-refractivity contribution in [1.29, 1.82) is 0 Å². The fourth-order valence-corrected chi connectivity index (χ4v) is 1.95. The number of hydrogen-bond donors (Lipinski definition) is 2. The molecular formula is C18H26N2O3. The number of carbonyl (C=O) groups excluding carboxylic acids is 2. The molecule has 0 aliphatic heterocycles. The summed E-state index contributed by atoms with van der Waals surface area (Å²) in [5.74, 6) is 0.310. The standard InChI is InChI=1S/C18H26N2O3/c1-4-5-6-13-19-18(22)14(2)20-17(21)12-9-15-7-10-16(23-3)11-8-15/h7-12,14H,4-6,13H2,1-3H3,(H,19,22)(H,20,21)/b12-9+. The third kappa shape index (κ3) is 7.49. The van der Waals surface area contributed by atoms with Gasteiger partial charge in [0.1, 0.15) is 11.8 Å². The molecule has 1 aromatic carbocycles. The lowest BCUT2D eigenvalue weighted by atomic mass is 10.2. The number of hydrogen-bond acceptors (Lipinski definition) is 3. The molecule has 0 fully saturated rings. The minimum Gasteiger partial charge on any atom is -0.497 e. The number of rotatable bonds is 9. The van der Waals surface area contributed by atoms with Crippen LogP contribution in [0.4, 0.5) is 0 Å². The van der Waals surface area contributed by atoms with Gasteiger partial charge in [0.2, 0.25) is 11.8 Å². The lowest BCUT2D eigenvalue weighted by molar-refractivity contribution is -0.126. The lowest BCUT2D eigenvalue weighted by Crippen LogP contribution is -2.44. The molecule has 0 aliphatic carbocycles. The molecule has 1 atom stereocenters. The minimum absolute atomic E-state index is 0.160. The first-order chi connectivity index (χ1) is 11.1. The van der Waals surface area contributed by atoms with Crippen LogP contribution in [0.3, 0.4) is 0 Å². The van der Waals surface area contributed by atoms with Gasteiger partial charge in [0.15, 0.2) is 0 Å². The summed E-state index contributed by atoms with van der Waals surface area (Å²) in [4.78, 5) is 23.7. The number of unbranched alkanes of at least 4 members (excludes halogenated alkanes) is 2. The van der Waals surface area contributed by atoms with E-state index in [4.69, 9.17) is 4.74 Å². The average Bonchev–Trinajstić information content (AvgIpc) is 2.57. The van der Waals surface area contributed by atoms with Gasteiger partial charge in [0.05, 0.1) is 7.11 Å². The van der Waals surface area contributed by atoms with E-state index in [0.29, 0.717) is 6.54 Å². The highest BCUT2D eigenvalue weighted by Gasteiger charge is 2.13. The second kappa shape index (κ2) is 10.4. The van der Waals surface area contributed by atoms with Gasteiger partial charge >= 0.3 is 0 Å². The third-order valence-corrected chi connectivity index (χ3v) is 3.37. The topological polar surface area (TPSA) is 67.4 Å². The summed E-state index contributed by atoms with van der Waals surface area (Å²) in [6.07, 6.45) is 6.27. The van der Waals surface area contributed by atoms with Gasteiger partial charge in [0.25, 0.3) is 0 Å². The van der Waals surface area contributed by atoms with Crippen molar-refractivity contribution >= 4 is 17.9 Å². The Morgan fingerprint density at radius 3 is 2.52 bits per heavy atom. The van der Waals surface area contributed by atoms with Gasteiger partial charge in [-0.05, 0) is 37.1 Å². The molecule has 1 aromatic rings. The van der Waals surface area contributed by atoms with Crippen molar-refractivity contribution in [3.05, 3.63) is 35.9 Å². The average molecular weight is 318 g/mol. The van der Waals surface area contributed by atoms with Crippen LogP contribution in [0.1, 0.15) is 38.7 Å². The summed E-state index contributed by atoms with van der Waals surface area (Å²) in [5.41, 5.74) is 0.887. The summed E-state index contributed by atoms with van der Waals surface area (Å²) < 4.78 is 5.07. The maximum Gasteiger partial charge on any atom is 0.244 e. The quantitative estimate of drug-likeness (QED) is 0.543. The van der Waals surface area contributed by atoms with E-state index in [1.807, 2.05) is 24.3 Å². The Labute approximate surface area is 138 Å². The highest BCUT2D eigenvalue weighted by molar-refractivity contribution is 5.95. The van der Waals surface area contributed by atoms with Gasteiger partial charge in [-0.3, -0.25) is 9.59 Å². The Morgan fingerprint density at radius 2 is 1.91 bits per heavy atom. The van der Waals surface area contributed by atoms with E-state index in [-0.39, 0.29) is 11.8 Å². The highest BCUT2D eigenvalue weighted by Crippen LogP contribution is 2.12. The van der Waals surface area contributed by atoms with Crippen molar-refractivity contribution in [3.8, 4) is 5.75 Å². The third-order valence-electron chi connectivity index (χ3n) is 3.37. The summed E-state index contributed by atoms with van der Waals surface area (Å²) in [7, 11) is 1.60. The van der Waals surface area contributed by atoms with Crippen LogP contribution >= 0.6 is 0 Å². The molecule has 0 radical (unpaired) electrons. The minimum atomic E-state index is -0.551. The van der Waals surface area contributed by atoms with Crippen molar-refractivity contribution in [2.75, 3.05) is 13.7 Å². The summed E-state index contributed by atoms with van der Waals surface area (Å²) in [6, 6.07) is 6.80. The number of nitrogens with one attached hydrogen (secondary N) is 2. The first-order valence-electron chi connectivity index (χ1n) is 7.97. The molecule has 5 nitrogen and oxygen atoms in total. The van der Waals surface area contributed by atoms with E-state index < -0.39 is 6.04 Å². The fraction of sp³-hybridized carbons (Fsp3) is 0.444. The Morgan fingerprint density at radius 1 is 1.22 bits per heavy atom. The van der Waals surface area contributed by atoms with Crippen molar-refractivity contribution in [2.24, 2.45) is 0 Å². The zero-order valence-electron chi connectivity index (χ0n) is 14.1. The number of methoxy groups -OCH3 is 1. The number of benzene rings is 1. The van der Waals surface area contributed by atoms with Crippen LogP contribution < -0.4 is 15.4 Å². The molecule has 23 heavy (non-hydrogen) atoms. The molecule has 0 aromatic heterocycles. The number of ether oxygens (including phenoxy) is 1. The number of carbonyl (C=O) groups is 2. The molecule has 2 amide bonds. The first-order valence-corrected chi connectivity index (χ1v) is 7.97. The van der Waals surface area contributed by atoms with E-state index >= 15 is 0 Å². The van der Waals surface area contributed by atoms with Gasteiger partial charge in [-0.1, -0.05) is 31.9 Å². The van der Waals surface area contributed by atoms with E-state index in [0.717, 1.165) is 30.6 Å². The molecule has 5 heteroatoms. The molecule has 1 unspecified atom stereocenters. The fourth-order valence-electron chi connectivity index (χ4n) is 1.95. The van der Waals surface area contributed by atoms with Crippen LogP contribution in [-0.2, 0) is 9.59 Å². The normalized spacial score (nSPS) is 12.0. The molecule has 0 saturated heterocycles. The molecule has 0 bridgehead atoms. The molecule has 0 heterocycles. The van der Waals surface area contributed by atoms with Crippen molar-refractivity contribution in [2.45, 2.75) is 39.2 Å². The van der Waals surface area contributed by atoms with Crippen LogP contribution in [0.5, 0.6) is 5.75 Å². The first kappa shape index (κ1) is 18.7. The van der Waals surface area contributed by atoms with Crippen LogP contribution in [-0.4, -0.2) is 31.5 Å². The summed E-state index contributed by atoms with van der Waals surface area (Å²) >= 11 is 0. The van der Waals surface area contributed by atoms with E-state index in [2.05, 4.69) is 17.6 Å². The molecule has 0 saturated carbocycles. The van der Waals surface area contributed by atoms with Crippen LogP contribution in [0.25, 0.3) is 6.08 Å². The highest BCUT2D eigenvalue weighted by atomic mass is 16.5. The Kier molecular flexibility index (Phi) is 8.50. The van der Waals surface area contributed by atoms with Gasteiger partial charge in [-0.15, -0.1) is 0 Å².